The van der Waals surface area contributed by atoms with Crippen molar-refractivity contribution < 1.29 is 19.1 Å². The average Bonchev–Trinajstić information content (AvgIpc) is 3.43. The third-order valence-corrected chi connectivity index (χ3v) is 6.58. The number of nitrogens with one attached hydrogen (secondary N) is 1. The highest BCUT2D eigenvalue weighted by molar-refractivity contribution is 6.29. The summed E-state index contributed by atoms with van der Waals surface area (Å²) in [5.41, 5.74) is 1.05. The Bertz CT molecular complexity index is 1270. The average molecular weight is 526 g/mol. The van der Waals surface area contributed by atoms with Crippen molar-refractivity contribution in [1.29, 1.82) is 0 Å². The van der Waals surface area contributed by atoms with Gasteiger partial charge in [-0.25, -0.2) is 9.97 Å². The van der Waals surface area contributed by atoms with Gasteiger partial charge in [-0.05, 0) is 24.1 Å². The van der Waals surface area contributed by atoms with E-state index in [9.17, 15) is 9.59 Å². The first-order valence-electron chi connectivity index (χ1n) is 12.2. The van der Waals surface area contributed by atoms with Crippen molar-refractivity contribution in [2.45, 2.75) is 25.8 Å². The molecule has 0 saturated carbocycles. The van der Waals surface area contributed by atoms with E-state index in [1.165, 1.54) is 0 Å². The molecular weight excluding hydrogens is 498 g/mol. The molecule has 2 amide bonds. The first kappa shape index (κ1) is 24.8. The number of benzene rings is 1. The first-order valence-corrected chi connectivity index (χ1v) is 12.5. The van der Waals surface area contributed by atoms with Gasteiger partial charge < -0.3 is 24.6 Å². The van der Waals surface area contributed by atoms with Gasteiger partial charge in [0.25, 0.3) is 0 Å². The van der Waals surface area contributed by atoms with Crippen LogP contribution in [0.3, 0.4) is 0 Å². The number of carbonyl (C=O) groups is 2. The molecule has 2 aromatic heterocycles. The molecule has 0 radical (unpaired) electrons. The van der Waals surface area contributed by atoms with Crippen LogP contribution >= 0.6 is 11.6 Å². The highest BCUT2D eigenvalue weighted by Gasteiger charge is 2.31. The second kappa shape index (κ2) is 11.0. The summed E-state index contributed by atoms with van der Waals surface area (Å²) < 4.78 is 12.9. The lowest BCUT2D eigenvalue weighted by Crippen LogP contribution is -2.56. The summed E-state index contributed by atoms with van der Waals surface area (Å²) in [5.74, 6) is 2.33. The number of imidazole rings is 1. The van der Waals surface area contributed by atoms with Crippen LogP contribution in [0.1, 0.15) is 18.9 Å². The third kappa shape index (κ3) is 5.93. The van der Waals surface area contributed by atoms with E-state index in [1.807, 2.05) is 23.1 Å². The summed E-state index contributed by atoms with van der Waals surface area (Å²) in [6.45, 7) is 4.56. The van der Waals surface area contributed by atoms with Gasteiger partial charge in [0, 0.05) is 58.0 Å². The van der Waals surface area contributed by atoms with Crippen LogP contribution in [0.5, 0.6) is 11.5 Å². The molecule has 1 fully saturated rings. The lowest BCUT2D eigenvalue weighted by Gasteiger charge is -2.41. The van der Waals surface area contributed by atoms with Gasteiger partial charge in [0.1, 0.15) is 30.5 Å². The smallest absolute Gasteiger partial charge is 0.238 e. The summed E-state index contributed by atoms with van der Waals surface area (Å²) in [5, 5.41) is 3.29. The van der Waals surface area contributed by atoms with Gasteiger partial charge in [0.2, 0.25) is 17.8 Å². The molecule has 11 nitrogen and oxygen atoms in total. The standard InChI is InChI=1S/C25H28ClN7O4/c1-17(34)31-8-9-33(23-14-22(26)29-25(30-23)32-7-6-27-16-32)19(15-31)13-24(35)28-5-4-18-2-3-20-21(12-18)37-11-10-36-20/h2-3,6-7,12,14,16,19H,4-5,8-11,13,15H2,1H3,(H,28,35). The summed E-state index contributed by atoms with van der Waals surface area (Å²) in [4.78, 5) is 41.8. The lowest BCUT2D eigenvalue weighted by atomic mass is 10.1. The summed E-state index contributed by atoms with van der Waals surface area (Å²) in [6, 6.07) is 7.23. The first-order chi connectivity index (χ1) is 18.0. The Morgan fingerprint density at radius 1 is 1.14 bits per heavy atom. The molecular formula is C25H28ClN7O4. The van der Waals surface area contributed by atoms with E-state index in [0.29, 0.717) is 57.6 Å². The van der Waals surface area contributed by atoms with Crippen molar-refractivity contribution in [1.82, 2.24) is 29.7 Å². The van der Waals surface area contributed by atoms with Crippen LogP contribution in [0.15, 0.2) is 43.0 Å². The second-order valence-corrected chi connectivity index (χ2v) is 9.30. The van der Waals surface area contributed by atoms with Crippen molar-refractivity contribution in [2.75, 3.05) is 44.3 Å². The molecule has 0 spiro atoms. The molecule has 194 valence electrons. The molecule has 1 saturated heterocycles. The number of piperazine rings is 1. The van der Waals surface area contributed by atoms with Crippen molar-refractivity contribution in [3.05, 3.63) is 53.7 Å². The molecule has 3 aromatic rings. The highest BCUT2D eigenvalue weighted by atomic mass is 35.5. The molecule has 0 bridgehead atoms. The summed E-state index contributed by atoms with van der Waals surface area (Å²) >= 11 is 6.32. The quantitative estimate of drug-likeness (QED) is 0.465. The van der Waals surface area contributed by atoms with Gasteiger partial charge in [-0.3, -0.25) is 14.2 Å². The highest BCUT2D eigenvalue weighted by Crippen LogP contribution is 2.31. The van der Waals surface area contributed by atoms with Crippen LogP contribution in [0.25, 0.3) is 5.95 Å². The number of halogens is 1. The number of hydrogen-bond acceptors (Lipinski definition) is 8. The van der Waals surface area contributed by atoms with Crippen LogP contribution in [0.2, 0.25) is 5.15 Å². The van der Waals surface area contributed by atoms with Crippen LogP contribution in [0.4, 0.5) is 5.82 Å². The normalized spacial score (nSPS) is 17.0. The Balaban J connectivity index is 1.25. The van der Waals surface area contributed by atoms with Crippen molar-refractivity contribution in [3.8, 4) is 17.4 Å². The van der Waals surface area contributed by atoms with Gasteiger partial charge in [0.05, 0.1) is 6.04 Å². The Labute approximate surface area is 219 Å². The fourth-order valence-corrected chi connectivity index (χ4v) is 4.70. The van der Waals surface area contributed by atoms with E-state index in [1.54, 1.807) is 41.2 Å². The molecule has 4 heterocycles. The molecule has 12 heteroatoms. The van der Waals surface area contributed by atoms with Crippen molar-refractivity contribution >= 4 is 29.2 Å². The maximum atomic E-state index is 13.0. The number of hydrogen-bond donors (Lipinski definition) is 1. The molecule has 1 unspecified atom stereocenters. The van der Waals surface area contributed by atoms with Gasteiger partial charge in [-0.1, -0.05) is 17.7 Å². The Hall–Kier alpha value is -3.86. The number of amides is 2. The largest absolute Gasteiger partial charge is 0.486 e. The van der Waals surface area contributed by atoms with Crippen LogP contribution in [-0.4, -0.2) is 81.7 Å². The maximum absolute atomic E-state index is 13.0. The Kier molecular flexibility index (Phi) is 7.40. The number of fused-ring (bicyclic) bond motifs is 1. The topological polar surface area (TPSA) is 115 Å². The molecule has 1 atom stereocenters. The van der Waals surface area contributed by atoms with E-state index in [4.69, 9.17) is 21.1 Å². The zero-order valence-electron chi connectivity index (χ0n) is 20.5. The van der Waals surface area contributed by atoms with Crippen LogP contribution in [-0.2, 0) is 16.0 Å². The number of ether oxygens (including phenoxy) is 2. The minimum Gasteiger partial charge on any atom is -0.486 e. The number of anilines is 1. The Morgan fingerprint density at radius 2 is 1.97 bits per heavy atom. The van der Waals surface area contributed by atoms with E-state index in [2.05, 4.69) is 20.3 Å². The summed E-state index contributed by atoms with van der Waals surface area (Å²) in [6.07, 6.45) is 5.82. The summed E-state index contributed by atoms with van der Waals surface area (Å²) in [7, 11) is 0. The van der Waals surface area contributed by atoms with Crippen LogP contribution in [0, 0.1) is 0 Å². The van der Waals surface area contributed by atoms with E-state index < -0.39 is 0 Å². The fraction of sp³-hybridized carbons (Fsp3) is 0.400. The number of carbonyl (C=O) groups excluding carboxylic acids is 2. The lowest BCUT2D eigenvalue weighted by molar-refractivity contribution is -0.130. The second-order valence-electron chi connectivity index (χ2n) is 8.91. The monoisotopic (exact) mass is 525 g/mol. The zero-order valence-corrected chi connectivity index (χ0v) is 21.2. The van der Waals surface area contributed by atoms with Gasteiger partial charge in [0.15, 0.2) is 11.5 Å². The van der Waals surface area contributed by atoms with E-state index in [0.717, 1.165) is 17.1 Å². The molecule has 1 N–H and O–H groups in total. The number of rotatable bonds is 7. The zero-order chi connectivity index (χ0) is 25.8. The van der Waals surface area contributed by atoms with E-state index in [-0.39, 0.29) is 29.4 Å². The molecule has 0 aliphatic carbocycles. The molecule has 2 aliphatic heterocycles. The minimum atomic E-state index is -0.270. The predicted octanol–water partition coefficient (Wildman–Crippen LogP) is 1.87. The van der Waals surface area contributed by atoms with Crippen molar-refractivity contribution in [2.24, 2.45) is 0 Å². The molecule has 37 heavy (non-hydrogen) atoms. The number of aromatic nitrogens is 4. The van der Waals surface area contributed by atoms with Gasteiger partial charge in [-0.15, -0.1) is 0 Å². The Morgan fingerprint density at radius 3 is 2.76 bits per heavy atom. The predicted molar refractivity (Wildman–Crippen MR) is 136 cm³/mol. The third-order valence-electron chi connectivity index (χ3n) is 6.39. The van der Waals surface area contributed by atoms with Gasteiger partial charge >= 0.3 is 0 Å². The minimum absolute atomic E-state index is 0.0245. The SMILES string of the molecule is CC(=O)N1CCN(c2cc(Cl)nc(-n3ccnc3)n2)C(CC(=O)NCCc2ccc3c(c2)OCCO3)C1. The molecule has 2 aliphatic rings. The molecule has 1 aromatic carbocycles. The van der Waals surface area contributed by atoms with Gasteiger partial charge in [-0.2, -0.15) is 4.98 Å². The number of nitrogens with zero attached hydrogens (tertiary/aromatic N) is 6. The maximum Gasteiger partial charge on any atom is 0.238 e. The van der Waals surface area contributed by atoms with E-state index >= 15 is 0 Å². The molecule has 5 rings (SSSR count). The van der Waals surface area contributed by atoms with Crippen LogP contribution < -0.4 is 19.7 Å². The van der Waals surface area contributed by atoms with Crippen molar-refractivity contribution in [3.63, 3.8) is 0 Å². The fourth-order valence-electron chi connectivity index (χ4n) is 4.53.